The summed E-state index contributed by atoms with van der Waals surface area (Å²) in [6, 6.07) is 12.4. The van der Waals surface area contributed by atoms with Crippen LogP contribution in [0.3, 0.4) is 0 Å². The first kappa shape index (κ1) is 17.0. The van der Waals surface area contributed by atoms with E-state index >= 15 is 0 Å². The summed E-state index contributed by atoms with van der Waals surface area (Å²) in [4.78, 5) is 29.9. The van der Waals surface area contributed by atoms with E-state index in [1.807, 2.05) is 30.3 Å². The van der Waals surface area contributed by atoms with Gasteiger partial charge in [-0.05, 0) is 42.5 Å². The molecular weight excluding hydrogens is 346 g/mol. The van der Waals surface area contributed by atoms with Gasteiger partial charge in [-0.25, -0.2) is 14.1 Å². The fourth-order valence-corrected chi connectivity index (χ4v) is 3.50. The number of aromatic nitrogens is 3. The summed E-state index contributed by atoms with van der Waals surface area (Å²) < 4.78 is 1.60. The second-order valence-electron chi connectivity index (χ2n) is 6.52. The number of carboxylic acid groups (broad SMARTS) is 1. The molecule has 27 heavy (non-hydrogen) atoms. The highest BCUT2D eigenvalue weighted by molar-refractivity contribution is 5.90. The lowest BCUT2D eigenvalue weighted by Crippen LogP contribution is -2.41. The van der Waals surface area contributed by atoms with Crippen molar-refractivity contribution in [2.75, 3.05) is 18.4 Å². The Hall–Kier alpha value is -3.42. The standard InChI is InChI=1S/C19H19N5O3/c25-17(26)15-6-2-1-5-14(15)13-8-11-23(12-9-13)19(27)21-18-20-16-7-3-4-10-24(16)22-18/h1-7,10,13H,8-9,11-12H2,(H,25,26)(H,21,22,27). The van der Waals surface area contributed by atoms with E-state index in [2.05, 4.69) is 15.4 Å². The van der Waals surface area contributed by atoms with Crippen LogP contribution in [0.15, 0.2) is 48.7 Å². The normalized spacial score (nSPS) is 15.0. The quantitative estimate of drug-likeness (QED) is 0.743. The van der Waals surface area contributed by atoms with Crippen molar-refractivity contribution in [3.05, 3.63) is 59.8 Å². The van der Waals surface area contributed by atoms with E-state index in [0.717, 1.165) is 18.4 Å². The Balaban J connectivity index is 1.40. The number of benzene rings is 1. The Morgan fingerprint density at radius 3 is 2.56 bits per heavy atom. The number of pyridine rings is 1. The van der Waals surface area contributed by atoms with Crippen LogP contribution >= 0.6 is 0 Å². The third-order valence-electron chi connectivity index (χ3n) is 4.87. The average molecular weight is 365 g/mol. The summed E-state index contributed by atoms with van der Waals surface area (Å²) in [5, 5.41) is 16.3. The molecule has 4 rings (SSSR count). The van der Waals surface area contributed by atoms with Crippen LogP contribution in [0.5, 0.6) is 0 Å². The Labute approximate surface area is 155 Å². The maximum absolute atomic E-state index is 12.5. The van der Waals surface area contributed by atoms with Gasteiger partial charge >= 0.3 is 12.0 Å². The van der Waals surface area contributed by atoms with E-state index in [-0.39, 0.29) is 17.9 Å². The molecule has 0 bridgehead atoms. The van der Waals surface area contributed by atoms with Gasteiger partial charge in [-0.15, -0.1) is 5.10 Å². The summed E-state index contributed by atoms with van der Waals surface area (Å²) in [7, 11) is 0. The Morgan fingerprint density at radius 2 is 1.81 bits per heavy atom. The third-order valence-corrected chi connectivity index (χ3v) is 4.87. The first-order chi connectivity index (χ1) is 13.1. The molecule has 0 atom stereocenters. The number of carbonyl (C=O) groups is 2. The minimum Gasteiger partial charge on any atom is -0.478 e. The van der Waals surface area contributed by atoms with Gasteiger partial charge in [-0.1, -0.05) is 24.3 Å². The number of rotatable bonds is 3. The van der Waals surface area contributed by atoms with Crippen LogP contribution in [0.4, 0.5) is 10.7 Å². The van der Waals surface area contributed by atoms with Gasteiger partial charge in [0.25, 0.3) is 5.95 Å². The van der Waals surface area contributed by atoms with Crippen molar-refractivity contribution in [3.8, 4) is 0 Å². The van der Waals surface area contributed by atoms with Crippen LogP contribution in [0.2, 0.25) is 0 Å². The van der Waals surface area contributed by atoms with Crippen molar-refractivity contribution in [1.82, 2.24) is 19.5 Å². The molecule has 0 radical (unpaired) electrons. The predicted octanol–water partition coefficient (Wildman–Crippen LogP) is 2.84. The van der Waals surface area contributed by atoms with Crippen molar-refractivity contribution < 1.29 is 14.7 Å². The number of urea groups is 1. The molecule has 2 aromatic heterocycles. The zero-order chi connectivity index (χ0) is 18.8. The van der Waals surface area contributed by atoms with E-state index in [9.17, 15) is 14.7 Å². The highest BCUT2D eigenvalue weighted by atomic mass is 16.4. The summed E-state index contributed by atoms with van der Waals surface area (Å²) in [5.74, 6) is -0.511. The van der Waals surface area contributed by atoms with Crippen LogP contribution in [0, 0.1) is 0 Å². The Kier molecular flexibility index (Phi) is 4.45. The highest BCUT2D eigenvalue weighted by Gasteiger charge is 2.26. The van der Waals surface area contributed by atoms with Crippen LogP contribution in [0.1, 0.15) is 34.7 Å². The molecule has 8 heteroatoms. The molecule has 1 aliphatic rings. The van der Waals surface area contributed by atoms with E-state index in [0.29, 0.717) is 24.3 Å². The van der Waals surface area contributed by atoms with Crippen LogP contribution < -0.4 is 5.32 Å². The molecule has 1 saturated heterocycles. The summed E-state index contributed by atoms with van der Waals surface area (Å²) in [6.45, 7) is 1.11. The molecule has 8 nitrogen and oxygen atoms in total. The minimum atomic E-state index is -0.913. The molecule has 3 heterocycles. The van der Waals surface area contributed by atoms with Gasteiger partial charge in [-0.2, -0.15) is 4.98 Å². The van der Waals surface area contributed by atoms with Gasteiger partial charge in [0.05, 0.1) is 5.56 Å². The van der Waals surface area contributed by atoms with E-state index in [1.54, 1.807) is 27.7 Å². The van der Waals surface area contributed by atoms with Crippen LogP contribution in [-0.4, -0.2) is 49.7 Å². The van der Waals surface area contributed by atoms with Crippen LogP contribution in [0.25, 0.3) is 5.65 Å². The molecule has 0 saturated carbocycles. The molecule has 0 spiro atoms. The second kappa shape index (κ2) is 7.06. The first-order valence-corrected chi connectivity index (χ1v) is 8.81. The number of carbonyl (C=O) groups excluding carboxylic acids is 1. The first-order valence-electron chi connectivity index (χ1n) is 8.81. The van der Waals surface area contributed by atoms with Crippen molar-refractivity contribution in [2.45, 2.75) is 18.8 Å². The lowest BCUT2D eigenvalue weighted by atomic mass is 9.86. The lowest BCUT2D eigenvalue weighted by molar-refractivity contribution is 0.0694. The van der Waals surface area contributed by atoms with Gasteiger partial charge in [0, 0.05) is 19.3 Å². The number of hydrogen-bond acceptors (Lipinski definition) is 4. The highest BCUT2D eigenvalue weighted by Crippen LogP contribution is 2.30. The fraction of sp³-hybridized carbons (Fsp3) is 0.263. The lowest BCUT2D eigenvalue weighted by Gasteiger charge is -2.32. The average Bonchev–Trinajstić information content (AvgIpc) is 3.10. The van der Waals surface area contributed by atoms with E-state index in [4.69, 9.17) is 0 Å². The topological polar surface area (TPSA) is 99.8 Å². The molecular formula is C19H19N5O3. The van der Waals surface area contributed by atoms with Gasteiger partial charge in [0.1, 0.15) is 0 Å². The number of piperidine rings is 1. The van der Waals surface area contributed by atoms with Crippen molar-refractivity contribution in [2.24, 2.45) is 0 Å². The van der Waals surface area contributed by atoms with Gasteiger partial charge < -0.3 is 10.0 Å². The van der Waals surface area contributed by atoms with Crippen LogP contribution in [-0.2, 0) is 0 Å². The summed E-state index contributed by atoms with van der Waals surface area (Å²) >= 11 is 0. The zero-order valence-corrected chi connectivity index (χ0v) is 14.6. The maximum atomic E-state index is 12.5. The third kappa shape index (κ3) is 3.46. The number of likely N-dealkylation sites (tertiary alicyclic amines) is 1. The molecule has 1 aliphatic heterocycles. The number of nitrogens with one attached hydrogen (secondary N) is 1. The number of amides is 2. The molecule has 1 fully saturated rings. The van der Waals surface area contributed by atoms with E-state index in [1.165, 1.54) is 0 Å². The summed E-state index contributed by atoms with van der Waals surface area (Å²) in [5.41, 5.74) is 1.85. The minimum absolute atomic E-state index is 0.134. The Bertz CT molecular complexity index is 959. The van der Waals surface area contributed by atoms with Gasteiger partial charge in [0.2, 0.25) is 0 Å². The monoisotopic (exact) mass is 365 g/mol. The number of fused-ring (bicyclic) bond motifs is 1. The van der Waals surface area contributed by atoms with E-state index < -0.39 is 5.97 Å². The molecule has 1 aromatic carbocycles. The fourth-order valence-electron chi connectivity index (χ4n) is 3.50. The molecule has 0 aliphatic carbocycles. The molecule has 3 aromatic rings. The number of carboxylic acids is 1. The van der Waals surface area contributed by atoms with Crippen molar-refractivity contribution in [1.29, 1.82) is 0 Å². The molecule has 2 N–H and O–H groups in total. The Morgan fingerprint density at radius 1 is 1.07 bits per heavy atom. The number of anilines is 1. The smallest absolute Gasteiger partial charge is 0.335 e. The van der Waals surface area contributed by atoms with Gasteiger partial charge in [-0.3, -0.25) is 5.32 Å². The molecule has 0 unspecified atom stereocenters. The van der Waals surface area contributed by atoms with Gasteiger partial charge in [0.15, 0.2) is 5.65 Å². The molecule has 138 valence electrons. The SMILES string of the molecule is O=C(O)c1ccccc1C1CCN(C(=O)Nc2nc3ccccn3n2)CC1. The number of aromatic carboxylic acids is 1. The van der Waals surface area contributed by atoms with Crippen molar-refractivity contribution in [3.63, 3.8) is 0 Å². The zero-order valence-electron chi connectivity index (χ0n) is 14.6. The predicted molar refractivity (Wildman–Crippen MR) is 99.0 cm³/mol. The number of nitrogens with zero attached hydrogens (tertiary/aromatic N) is 4. The summed E-state index contributed by atoms with van der Waals surface area (Å²) in [6.07, 6.45) is 3.20. The number of hydrogen-bond donors (Lipinski definition) is 2. The second-order valence-corrected chi connectivity index (χ2v) is 6.52. The molecule has 2 amide bonds. The van der Waals surface area contributed by atoms with Crippen molar-refractivity contribution >= 4 is 23.6 Å². The maximum Gasteiger partial charge on any atom is 0.335 e. The largest absolute Gasteiger partial charge is 0.478 e.